The van der Waals surface area contributed by atoms with Crippen molar-refractivity contribution < 1.29 is 32.5 Å². The topological polar surface area (TPSA) is 124 Å². The van der Waals surface area contributed by atoms with Gasteiger partial charge in [-0.25, -0.2) is 4.18 Å². The highest BCUT2D eigenvalue weighted by atomic mass is 32.3. The van der Waals surface area contributed by atoms with E-state index in [0.29, 0.717) is 24.7 Å². The second-order valence-corrected chi connectivity index (χ2v) is 13.4. The van der Waals surface area contributed by atoms with E-state index in [1.807, 2.05) is 0 Å². The van der Waals surface area contributed by atoms with E-state index < -0.39 is 22.6 Å². The second-order valence-electron chi connectivity index (χ2n) is 12.3. The van der Waals surface area contributed by atoms with Crippen molar-refractivity contribution in [3.05, 3.63) is 0 Å². The maximum atomic E-state index is 11.7. The maximum absolute atomic E-state index is 11.7. The molecule has 0 aromatic heterocycles. The first-order valence-corrected chi connectivity index (χ1v) is 14.4. The van der Waals surface area contributed by atoms with Gasteiger partial charge in [-0.3, -0.25) is 4.55 Å². The lowest BCUT2D eigenvalue weighted by Crippen LogP contribution is -2.65. The molecule has 8 heteroatoms. The predicted octanol–water partition coefficient (Wildman–Crippen LogP) is 3.43. The van der Waals surface area contributed by atoms with Crippen molar-refractivity contribution in [1.82, 2.24) is 0 Å². The molecule has 12 atom stereocenters. The summed E-state index contributed by atoms with van der Waals surface area (Å²) in [6, 6.07) is 0. The molecule has 192 valence electrons. The normalized spacial score (nSPS) is 50.8. The van der Waals surface area contributed by atoms with E-state index in [9.17, 15) is 23.7 Å². The summed E-state index contributed by atoms with van der Waals surface area (Å²) in [5.74, 6) is 1.26. The Morgan fingerprint density at radius 3 is 2.39 bits per heavy atom. The fourth-order valence-corrected chi connectivity index (χ4v) is 9.89. The molecule has 0 aromatic carbocycles. The van der Waals surface area contributed by atoms with E-state index in [1.165, 1.54) is 0 Å². The molecule has 0 aliphatic heterocycles. The summed E-state index contributed by atoms with van der Waals surface area (Å²) in [5.41, 5.74) is -0.202. The van der Waals surface area contributed by atoms with Crippen LogP contribution >= 0.6 is 0 Å². The first-order chi connectivity index (χ1) is 15.3. The zero-order valence-electron chi connectivity index (χ0n) is 20.6. The standard InChI is InChI=1S/C25H44O7S/c1-5-16-19-12-15(26)8-10-24(19,3)22-20(27)13-25(4)17(6-7-18(25)21(22)23(16)28)14(2)9-11-32-33(29,30)31/h14-23,26-28H,5-13H2,1-4H3,(H,29,30,31)/t14-,15-,16-,17-,18?,19+,20?,21?,22?,23-,24?,25?/m1/s1. The van der Waals surface area contributed by atoms with Gasteiger partial charge < -0.3 is 15.3 Å². The summed E-state index contributed by atoms with van der Waals surface area (Å²) in [6.45, 7) is 8.78. The zero-order valence-corrected chi connectivity index (χ0v) is 21.4. The lowest BCUT2D eigenvalue weighted by molar-refractivity contribution is -0.235. The van der Waals surface area contributed by atoms with Crippen LogP contribution in [0.4, 0.5) is 0 Å². The van der Waals surface area contributed by atoms with Crippen LogP contribution in [0.3, 0.4) is 0 Å². The first kappa shape index (κ1) is 25.8. The molecule has 0 heterocycles. The summed E-state index contributed by atoms with van der Waals surface area (Å²) in [6.07, 6.45) is 5.21. The molecule has 4 aliphatic carbocycles. The molecule has 33 heavy (non-hydrogen) atoms. The van der Waals surface area contributed by atoms with Gasteiger partial charge in [-0.1, -0.05) is 34.1 Å². The molecule has 6 unspecified atom stereocenters. The SMILES string of the molecule is CC[C@H]1[C@@H](O)C2C3CC[C@H]([C@H](C)CCOS(=O)(=O)O)C3(C)CC(O)C2C2(C)CC[C@@H](O)C[C@@H]12. The van der Waals surface area contributed by atoms with Crippen molar-refractivity contribution in [1.29, 1.82) is 0 Å². The molecule has 0 spiro atoms. The van der Waals surface area contributed by atoms with E-state index in [4.69, 9.17) is 4.55 Å². The molecular formula is C25H44O7S. The van der Waals surface area contributed by atoms with Crippen molar-refractivity contribution in [2.24, 2.45) is 52.3 Å². The number of aliphatic hydroxyl groups excluding tert-OH is 3. The Hall–Kier alpha value is -0.250. The fraction of sp³-hybridized carbons (Fsp3) is 1.00. The van der Waals surface area contributed by atoms with Crippen LogP contribution in [0.25, 0.3) is 0 Å². The Balaban J connectivity index is 1.61. The Labute approximate surface area is 199 Å². The molecule has 4 N–H and O–H groups in total. The molecule has 0 aromatic rings. The lowest BCUT2D eigenvalue weighted by Gasteiger charge is -2.66. The fourth-order valence-electron chi connectivity index (χ4n) is 9.59. The number of hydrogen-bond acceptors (Lipinski definition) is 6. The summed E-state index contributed by atoms with van der Waals surface area (Å²) >= 11 is 0. The molecule has 4 fully saturated rings. The molecule has 0 saturated heterocycles. The predicted molar refractivity (Wildman–Crippen MR) is 124 cm³/mol. The van der Waals surface area contributed by atoms with Crippen LogP contribution in [0.2, 0.25) is 0 Å². The molecule has 7 nitrogen and oxygen atoms in total. The molecule has 0 amide bonds. The quantitative estimate of drug-likeness (QED) is 0.422. The van der Waals surface area contributed by atoms with E-state index in [-0.39, 0.29) is 53.1 Å². The number of rotatable bonds is 6. The van der Waals surface area contributed by atoms with Gasteiger partial charge >= 0.3 is 10.4 Å². The summed E-state index contributed by atoms with van der Waals surface area (Å²) in [7, 11) is -4.44. The number of hydrogen-bond donors (Lipinski definition) is 4. The van der Waals surface area contributed by atoms with Gasteiger partial charge in [0.25, 0.3) is 0 Å². The lowest BCUT2D eigenvalue weighted by atomic mass is 9.40. The molecule has 4 rings (SSSR count). The minimum atomic E-state index is -4.44. The van der Waals surface area contributed by atoms with Gasteiger partial charge in [0.2, 0.25) is 0 Å². The summed E-state index contributed by atoms with van der Waals surface area (Å²) < 4.78 is 35.4. The molecule has 0 bridgehead atoms. The van der Waals surface area contributed by atoms with E-state index in [2.05, 4.69) is 31.9 Å². The van der Waals surface area contributed by atoms with Crippen molar-refractivity contribution in [2.75, 3.05) is 6.61 Å². The third-order valence-corrected chi connectivity index (χ3v) is 11.4. The van der Waals surface area contributed by atoms with Crippen LogP contribution in [0.5, 0.6) is 0 Å². The average Bonchev–Trinajstić information content (AvgIpc) is 3.04. The Morgan fingerprint density at radius 1 is 1.06 bits per heavy atom. The zero-order chi connectivity index (χ0) is 24.3. The number of fused-ring (bicyclic) bond motifs is 5. The Morgan fingerprint density at radius 2 is 1.76 bits per heavy atom. The van der Waals surface area contributed by atoms with Gasteiger partial charge in [0.1, 0.15) is 0 Å². The Kier molecular flexibility index (Phi) is 7.05. The van der Waals surface area contributed by atoms with Gasteiger partial charge in [0.15, 0.2) is 0 Å². The van der Waals surface area contributed by atoms with Gasteiger partial charge in [-0.2, -0.15) is 8.42 Å². The van der Waals surface area contributed by atoms with Crippen LogP contribution < -0.4 is 0 Å². The monoisotopic (exact) mass is 488 g/mol. The third kappa shape index (κ3) is 4.31. The van der Waals surface area contributed by atoms with Crippen LogP contribution in [-0.2, 0) is 14.6 Å². The van der Waals surface area contributed by atoms with Crippen LogP contribution in [0.1, 0.15) is 79.1 Å². The Bertz CT molecular complexity index is 818. The average molecular weight is 489 g/mol. The summed E-state index contributed by atoms with van der Waals surface area (Å²) in [5, 5.41) is 33.8. The molecule has 0 radical (unpaired) electrons. The highest BCUT2D eigenvalue weighted by molar-refractivity contribution is 7.80. The van der Waals surface area contributed by atoms with E-state index in [1.54, 1.807) is 0 Å². The van der Waals surface area contributed by atoms with Gasteiger partial charge in [-0.15, -0.1) is 0 Å². The summed E-state index contributed by atoms with van der Waals surface area (Å²) in [4.78, 5) is 0. The van der Waals surface area contributed by atoms with Crippen molar-refractivity contribution in [3.63, 3.8) is 0 Å². The maximum Gasteiger partial charge on any atom is 0.397 e. The smallest absolute Gasteiger partial charge is 0.393 e. The first-order valence-electron chi connectivity index (χ1n) is 13.0. The van der Waals surface area contributed by atoms with Gasteiger partial charge in [0.05, 0.1) is 24.9 Å². The largest absolute Gasteiger partial charge is 0.397 e. The van der Waals surface area contributed by atoms with Crippen LogP contribution in [0.15, 0.2) is 0 Å². The van der Waals surface area contributed by atoms with Gasteiger partial charge in [-0.05, 0) is 97.2 Å². The second kappa shape index (κ2) is 9.00. The molecular weight excluding hydrogens is 444 g/mol. The highest BCUT2D eigenvalue weighted by Gasteiger charge is 2.67. The van der Waals surface area contributed by atoms with E-state index in [0.717, 1.165) is 38.5 Å². The van der Waals surface area contributed by atoms with E-state index >= 15 is 0 Å². The molecule has 4 aliphatic rings. The third-order valence-electron chi connectivity index (χ3n) is 10.9. The minimum Gasteiger partial charge on any atom is -0.393 e. The van der Waals surface area contributed by atoms with Crippen LogP contribution in [0, 0.1) is 52.3 Å². The number of aliphatic hydroxyl groups is 3. The van der Waals surface area contributed by atoms with Crippen LogP contribution in [-0.4, -0.2) is 53.2 Å². The minimum absolute atomic E-state index is 0.0443. The van der Waals surface area contributed by atoms with Crippen molar-refractivity contribution >= 4 is 10.4 Å². The van der Waals surface area contributed by atoms with Gasteiger partial charge in [0, 0.05) is 0 Å². The highest BCUT2D eigenvalue weighted by Crippen LogP contribution is 2.69. The van der Waals surface area contributed by atoms with Crippen molar-refractivity contribution in [3.8, 4) is 0 Å². The van der Waals surface area contributed by atoms with Crippen molar-refractivity contribution in [2.45, 2.75) is 97.4 Å². The molecule has 4 saturated carbocycles.